The van der Waals surface area contributed by atoms with E-state index < -0.39 is 0 Å². The second-order valence-electron chi connectivity index (χ2n) is 4.61. The van der Waals surface area contributed by atoms with E-state index >= 15 is 0 Å². The minimum Gasteiger partial charge on any atom is -0.488 e. The largest absolute Gasteiger partial charge is 0.488 e. The second kappa shape index (κ2) is 5.21. The molecule has 0 fully saturated rings. The molecule has 1 aromatic carbocycles. The lowest BCUT2D eigenvalue weighted by Crippen LogP contribution is -2.17. The van der Waals surface area contributed by atoms with Crippen LogP contribution < -0.4 is 10.1 Å². The van der Waals surface area contributed by atoms with E-state index in [1.165, 1.54) is 18.4 Å². The lowest BCUT2D eigenvalue weighted by molar-refractivity contribution is -0.117. The molecule has 0 saturated carbocycles. The van der Waals surface area contributed by atoms with Crippen molar-refractivity contribution in [2.75, 3.05) is 5.32 Å². The Kier molecular flexibility index (Phi) is 3.67. The molecule has 0 spiro atoms. The van der Waals surface area contributed by atoms with Gasteiger partial charge < -0.3 is 10.1 Å². The predicted octanol–water partition coefficient (Wildman–Crippen LogP) is 3.14. The maximum Gasteiger partial charge on any atom is 0.228 e. The number of hydrogen-bond donors (Lipinski definition) is 1. The molecule has 0 bridgehead atoms. The van der Waals surface area contributed by atoms with Gasteiger partial charge in [0.25, 0.3) is 0 Å². The van der Waals surface area contributed by atoms with Crippen molar-refractivity contribution in [3.05, 3.63) is 23.8 Å². The normalized spacial score (nSPS) is 18.9. The molecule has 1 aliphatic heterocycles. The first kappa shape index (κ1) is 12.0. The monoisotopic (exact) mass is 233 g/mol. The van der Waals surface area contributed by atoms with Gasteiger partial charge in [-0.2, -0.15) is 0 Å². The highest BCUT2D eigenvalue weighted by atomic mass is 16.5. The first-order valence-corrected chi connectivity index (χ1v) is 6.28. The fourth-order valence-corrected chi connectivity index (χ4v) is 2.03. The van der Waals surface area contributed by atoms with Crippen LogP contribution in [0.5, 0.6) is 5.75 Å². The SMILES string of the molecule is CCCCc1ccc2c(c1)NC(=O)CC(C)O2. The summed E-state index contributed by atoms with van der Waals surface area (Å²) < 4.78 is 5.70. The van der Waals surface area contributed by atoms with Crippen LogP contribution in [0.25, 0.3) is 0 Å². The van der Waals surface area contributed by atoms with Crippen molar-refractivity contribution >= 4 is 11.6 Å². The molecule has 0 saturated heterocycles. The number of hydrogen-bond acceptors (Lipinski definition) is 2. The van der Waals surface area contributed by atoms with E-state index in [0.29, 0.717) is 6.42 Å². The predicted molar refractivity (Wildman–Crippen MR) is 68.4 cm³/mol. The zero-order valence-corrected chi connectivity index (χ0v) is 10.5. The molecule has 1 heterocycles. The van der Waals surface area contributed by atoms with Crippen LogP contribution in [0.2, 0.25) is 0 Å². The van der Waals surface area contributed by atoms with Crippen molar-refractivity contribution in [1.82, 2.24) is 0 Å². The third-order valence-electron chi connectivity index (χ3n) is 2.94. The molecule has 3 nitrogen and oxygen atoms in total. The summed E-state index contributed by atoms with van der Waals surface area (Å²) in [5.41, 5.74) is 2.07. The Morgan fingerprint density at radius 2 is 2.29 bits per heavy atom. The van der Waals surface area contributed by atoms with Crippen LogP contribution in [0.15, 0.2) is 18.2 Å². The minimum absolute atomic E-state index is 0.0314. The lowest BCUT2D eigenvalue weighted by atomic mass is 10.1. The number of carbonyl (C=O) groups excluding carboxylic acids is 1. The summed E-state index contributed by atoms with van der Waals surface area (Å²) in [6.07, 6.45) is 3.76. The number of amides is 1. The van der Waals surface area contributed by atoms with Gasteiger partial charge >= 0.3 is 0 Å². The molecule has 3 heteroatoms. The van der Waals surface area contributed by atoms with Crippen LogP contribution in [0, 0.1) is 0 Å². The van der Waals surface area contributed by atoms with Gasteiger partial charge in [-0.3, -0.25) is 4.79 Å². The molecule has 17 heavy (non-hydrogen) atoms. The van der Waals surface area contributed by atoms with Crippen LogP contribution in [0.4, 0.5) is 5.69 Å². The fourth-order valence-electron chi connectivity index (χ4n) is 2.03. The molecule has 92 valence electrons. The Morgan fingerprint density at radius 1 is 1.47 bits per heavy atom. The van der Waals surface area contributed by atoms with Crippen molar-refractivity contribution in [2.24, 2.45) is 0 Å². The van der Waals surface area contributed by atoms with E-state index in [4.69, 9.17) is 4.74 Å². The summed E-state index contributed by atoms with van der Waals surface area (Å²) in [6.45, 7) is 4.09. The maximum atomic E-state index is 11.6. The number of fused-ring (bicyclic) bond motifs is 1. The van der Waals surface area contributed by atoms with Gasteiger partial charge in [-0.15, -0.1) is 0 Å². The number of benzene rings is 1. The Morgan fingerprint density at radius 3 is 3.06 bits per heavy atom. The number of anilines is 1. The molecule has 0 aliphatic carbocycles. The Hall–Kier alpha value is -1.51. The average molecular weight is 233 g/mol. The van der Waals surface area contributed by atoms with Crippen molar-refractivity contribution in [1.29, 1.82) is 0 Å². The van der Waals surface area contributed by atoms with E-state index in [0.717, 1.165) is 17.9 Å². The van der Waals surface area contributed by atoms with Crippen LogP contribution in [-0.4, -0.2) is 12.0 Å². The number of rotatable bonds is 3. The van der Waals surface area contributed by atoms with Crippen LogP contribution in [0.3, 0.4) is 0 Å². The number of nitrogens with one attached hydrogen (secondary N) is 1. The van der Waals surface area contributed by atoms with Crippen molar-refractivity contribution in [3.8, 4) is 5.75 Å². The third kappa shape index (κ3) is 2.99. The van der Waals surface area contributed by atoms with Gasteiger partial charge in [0.1, 0.15) is 11.9 Å². The van der Waals surface area contributed by atoms with Crippen LogP contribution in [-0.2, 0) is 11.2 Å². The second-order valence-corrected chi connectivity index (χ2v) is 4.61. The number of aryl methyl sites for hydroxylation is 1. The minimum atomic E-state index is -0.0576. The summed E-state index contributed by atoms with van der Waals surface area (Å²) in [6, 6.07) is 6.07. The van der Waals surface area contributed by atoms with Gasteiger partial charge in [-0.25, -0.2) is 0 Å². The van der Waals surface area contributed by atoms with Crippen LogP contribution >= 0.6 is 0 Å². The molecule has 0 aromatic heterocycles. The molecule has 1 atom stereocenters. The van der Waals surface area contributed by atoms with Gasteiger partial charge in [0.15, 0.2) is 0 Å². The summed E-state index contributed by atoms with van der Waals surface area (Å²) in [7, 11) is 0. The molecule has 0 radical (unpaired) electrons. The molecule has 1 unspecified atom stereocenters. The zero-order chi connectivity index (χ0) is 12.3. The summed E-state index contributed by atoms with van der Waals surface area (Å²) in [5.74, 6) is 0.812. The quantitative estimate of drug-likeness (QED) is 0.871. The van der Waals surface area contributed by atoms with E-state index in [2.05, 4.69) is 18.3 Å². The smallest absolute Gasteiger partial charge is 0.228 e. The molecule has 1 N–H and O–H groups in total. The third-order valence-corrected chi connectivity index (χ3v) is 2.94. The number of ether oxygens (including phenoxy) is 1. The molecule has 1 amide bonds. The first-order valence-electron chi connectivity index (χ1n) is 6.28. The zero-order valence-electron chi connectivity index (χ0n) is 10.5. The number of carbonyl (C=O) groups is 1. The van der Waals surface area contributed by atoms with Crippen LogP contribution in [0.1, 0.15) is 38.7 Å². The van der Waals surface area contributed by atoms with Gasteiger partial charge in [0.2, 0.25) is 5.91 Å². The van der Waals surface area contributed by atoms with Gasteiger partial charge in [0.05, 0.1) is 12.1 Å². The van der Waals surface area contributed by atoms with Gasteiger partial charge in [-0.05, 0) is 37.5 Å². The molecule has 1 aliphatic rings. The molecular weight excluding hydrogens is 214 g/mol. The summed E-state index contributed by atoms with van der Waals surface area (Å²) in [5, 5.41) is 2.91. The maximum absolute atomic E-state index is 11.6. The average Bonchev–Trinajstić information content (AvgIpc) is 2.42. The van der Waals surface area contributed by atoms with Crippen molar-refractivity contribution in [2.45, 2.75) is 45.6 Å². The standard InChI is InChI=1S/C14H19NO2/c1-3-4-5-11-6-7-13-12(9-11)15-14(16)8-10(2)17-13/h6-7,9-10H,3-5,8H2,1-2H3,(H,15,16). The summed E-state index contributed by atoms with van der Waals surface area (Å²) in [4.78, 5) is 11.6. The van der Waals surface area contributed by atoms with Crippen molar-refractivity contribution < 1.29 is 9.53 Å². The number of unbranched alkanes of at least 4 members (excludes halogenated alkanes) is 1. The highest BCUT2D eigenvalue weighted by Gasteiger charge is 2.19. The van der Waals surface area contributed by atoms with E-state index in [9.17, 15) is 4.79 Å². The highest BCUT2D eigenvalue weighted by molar-refractivity contribution is 5.93. The lowest BCUT2D eigenvalue weighted by Gasteiger charge is -2.12. The van der Waals surface area contributed by atoms with E-state index in [1.807, 2.05) is 19.1 Å². The topological polar surface area (TPSA) is 38.3 Å². The van der Waals surface area contributed by atoms with E-state index in [-0.39, 0.29) is 12.0 Å². The Balaban J connectivity index is 2.22. The fraction of sp³-hybridized carbons (Fsp3) is 0.500. The molecular formula is C14H19NO2. The molecule has 1 aromatic rings. The van der Waals surface area contributed by atoms with Gasteiger partial charge in [-0.1, -0.05) is 19.4 Å². The highest BCUT2D eigenvalue weighted by Crippen LogP contribution is 2.30. The Bertz CT molecular complexity index is 415. The molecule has 2 rings (SSSR count). The van der Waals surface area contributed by atoms with Gasteiger partial charge in [0, 0.05) is 0 Å². The first-order chi connectivity index (χ1) is 8.19. The summed E-state index contributed by atoms with van der Waals surface area (Å²) >= 11 is 0. The van der Waals surface area contributed by atoms with E-state index in [1.54, 1.807) is 0 Å². The Labute approximate surface area is 102 Å². The van der Waals surface area contributed by atoms with Crippen molar-refractivity contribution in [3.63, 3.8) is 0 Å².